The Bertz CT molecular complexity index is 974. The molecular weight excluding hydrogens is 346 g/mol. The van der Waals surface area contributed by atoms with Gasteiger partial charge in [-0.25, -0.2) is 4.98 Å². The summed E-state index contributed by atoms with van der Waals surface area (Å²) in [5.74, 6) is 0.824. The Hall–Kier alpha value is -3.20. The fourth-order valence-corrected chi connectivity index (χ4v) is 2.58. The van der Waals surface area contributed by atoms with E-state index in [1.165, 1.54) is 12.1 Å². The van der Waals surface area contributed by atoms with Crippen LogP contribution in [0, 0.1) is 6.92 Å². The lowest BCUT2D eigenvalue weighted by Crippen LogP contribution is -2.25. The zero-order valence-corrected chi connectivity index (χ0v) is 13.6. The van der Waals surface area contributed by atoms with Gasteiger partial charge in [0.1, 0.15) is 5.82 Å². The first-order chi connectivity index (χ1) is 12.4. The first-order valence-electron chi connectivity index (χ1n) is 7.72. The number of hydrogen-bond donors (Lipinski definition) is 2. The van der Waals surface area contributed by atoms with Gasteiger partial charge in [0.15, 0.2) is 11.5 Å². The summed E-state index contributed by atoms with van der Waals surface area (Å²) in [4.78, 5) is 8.65. The number of rotatable bonds is 4. The fourth-order valence-electron chi connectivity index (χ4n) is 2.58. The molecule has 2 aromatic heterocycles. The minimum absolute atomic E-state index is 0.0325. The molecule has 134 valence electrons. The molecule has 1 aromatic carbocycles. The second kappa shape index (κ2) is 5.95. The van der Waals surface area contributed by atoms with E-state index in [9.17, 15) is 13.9 Å². The largest absolute Gasteiger partial charge is 0.586 e. The number of fused-ring (bicyclic) bond motifs is 1. The zero-order valence-electron chi connectivity index (χ0n) is 13.6. The Kier molecular flexibility index (Phi) is 3.73. The van der Waals surface area contributed by atoms with E-state index in [4.69, 9.17) is 0 Å². The van der Waals surface area contributed by atoms with E-state index < -0.39 is 6.29 Å². The molecule has 3 heterocycles. The van der Waals surface area contributed by atoms with Gasteiger partial charge in [-0.15, -0.1) is 8.78 Å². The molecule has 4 rings (SSSR count). The molecule has 0 fully saturated rings. The van der Waals surface area contributed by atoms with Gasteiger partial charge in [-0.05, 0) is 30.7 Å². The zero-order chi connectivity index (χ0) is 18.3. The van der Waals surface area contributed by atoms with E-state index in [0.29, 0.717) is 11.5 Å². The van der Waals surface area contributed by atoms with Gasteiger partial charge in [-0.2, -0.15) is 4.98 Å². The maximum atomic E-state index is 13.1. The van der Waals surface area contributed by atoms with Crippen LogP contribution in [0.15, 0.2) is 42.9 Å². The normalized spacial score (nSPS) is 14.5. The number of aryl methyl sites for hydroxylation is 1. The number of aromatic nitrogens is 3. The van der Waals surface area contributed by atoms with Gasteiger partial charge in [-0.1, -0.05) is 0 Å². The monoisotopic (exact) mass is 360 g/mol. The summed E-state index contributed by atoms with van der Waals surface area (Å²) in [5.41, 5.74) is 2.07. The molecule has 26 heavy (non-hydrogen) atoms. The highest BCUT2D eigenvalue weighted by molar-refractivity contribution is 5.61. The molecule has 0 saturated carbocycles. The maximum Gasteiger partial charge on any atom is 0.586 e. The molecule has 0 atom stereocenters. The van der Waals surface area contributed by atoms with Crippen LogP contribution < -0.4 is 14.8 Å². The third-order valence-corrected chi connectivity index (χ3v) is 3.78. The van der Waals surface area contributed by atoms with E-state index in [-0.39, 0.29) is 24.1 Å². The number of ether oxygens (including phenoxy) is 2. The predicted octanol–water partition coefficient (Wildman–Crippen LogP) is 3.13. The molecule has 1 aliphatic rings. The molecule has 3 aromatic rings. The quantitative estimate of drug-likeness (QED) is 0.744. The van der Waals surface area contributed by atoms with Crippen LogP contribution in [-0.4, -0.2) is 25.9 Å². The smallest absolute Gasteiger partial charge is 0.395 e. The van der Waals surface area contributed by atoms with Crippen LogP contribution in [0.2, 0.25) is 0 Å². The van der Waals surface area contributed by atoms with Crippen molar-refractivity contribution in [3.05, 3.63) is 54.0 Å². The average Bonchev–Trinajstić information content (AvgIpc) is 3.18. The Labute approximate surface area is 146 Å². The van der Waals surface area contributed by atoms with Gasteiger partial charge in [0.2, 0.25) is 5.95 Å². The van der Waals surface area contributed by atoms with Crippen molar-refractivity contribution in [1.82, 2.24) is 14.5 Å². The molecule has 7 nitrogen and oxygen atoms in total. The van der Waals surface area contributed by atoms with Crippen molar-refractivity contribution >= 4 is 11.6 Å². The molecule has 1 aliphatic heterocycles. The molecular formula is C17H14F2N4O3. The first kappa shape index (κ1) is 16.3. The molecule has 0 bridgehead atoms. The van der Waals surface area contributed by atoms with Crippen molar-refractivity contribution in [2.45, 2.75) is 19.8 Å². The van der Waals surface area contributed by atoms with E-state index in [0.717, 1.165) is 11.1 Å². The molecule has 2 N–H and O–H groups in total. The average molecular weight is 360 g/mol. The molecule has 0 spiro atoms. The summed E-state index contributed by atoms with van der Waals surface area (Å²) in [6, 6.07) is 6.12. The highest BCUT2D eigenvalue weighted by Gasteiger charge is 2.43. The van der Waals surface area contributed by atoms with Gasteiger partial charge >= 0.3 is 6.29 Å². The number of nitrogens with one attached hydrogen (secondary N) is 1. The number of nitrogens with zero attached hydrogens (tertiary/aromatic N) is 3. The highest BCUT2D eigenvalue weighted by atomic mass is 19.3. The molecule has 0 amide bonds. The van der Waals surface area contributed by atoms with Crippen molar-refractivity contribution in [3.8, 4) is 17.3 Å². The number of anilines is 2. The number of aliphatic hydroxyl groups excluding tert-OH is 1. The van der Waals surface area contributed by atoms with Crippen molar-refractivity contribution in [1.29, 1.82) is 0 Å². The van der Waals surface area contributed by atoms with E-state index in [1.807, 2.05) is 6.92 Å². The van der Waals surface area contributed by atoms with Crippen LogP contribution in [-0.2, 0) is 6.61 Å². The van der Waals surface area contributed by atoms with E-state index in [2.05, 4.69) is 24.8 Å². The summed E-state index contributed by atoms with van der Waals surface area (Å²) in [7, 11) is 0. The molecule has 0 aliphatic carbocycles. The van der Waals surface area contributed by atoms with E-state index in [1.54, 1.807) is 35.3 Å². The second-order valence-corrected chi connectivity index (χ2v) is 5.74. The third-order valence-electron chi connectivity index (χ3n) is 3.78. The first-order valence-corrected chi connectivity index (χ1v) is 7.72. The lowest BCUT2D eigenvalue weighted by molar-refractivity contribution is -0.286. The summed E-state index contributed by atoms with van der Waals surface area (Å²) in [6.45, 7) is 1.80. The Morgan fingerprint density at radius 2 is 2.04 bits per heavy atom. The summed E-state index contributed by atoms with van der Waals surface area (Å²) in [5, 5.41) is 12.2. The number of benzene rings is 1. The standard InChI is InChI=1S/C17H14F2N4O3/c1-10-7-20-16(22-15(10)23-5-4-11(8-23)9-24)21-12-2-3-13-14(6-12)26-17(18,19)25-13/h2-8,24H,9H2,1H3,(H,20,21,22). The molecule has 0 saturated heterocycles. The van der Waals surface area contributed by atoms with Crippen LogP contribution >= 0.6 is 0 Å². The minimum atomic E-state index is -3.66. The number of halogens is 2. The van der Waals surface area contributed by atoms with Crippen LogP contribution in [0.5, 0.6) is 11.5 Å². The molecule has 0 unspecified atom stereocenters. The SMILES string of the molecule is Cc1cnc(Nc2ccc3c(c2)OC(F)(F)O3)nc1-n1ccc(CO)c1. The van der Waals surface area contributed by atoms with Crippen molar-refractivity contribution in [2.75, 3.05) is 5.32 Å². The van der Waals surface area contributed by atoms with Crippen LogP contribution in [0.1, 0.15) is 11.1 Å². The van der Waals surface area contributed by atoms with Gasteiger partial charge in [0, 0.05) is 35.9 Å². The van der Waals surface area contributed by atoms with Gasteiger partial charge in [0.25, 0.3) is 0 Å². The van der Waals surface area contributed by atoms with Crippen molar-refractivity contribution < 1.29 is 23.4 Å². The van der Waals surface area contributed by atoms with Crippen molar-refractivity contribution in [3.63, 3.8) is 0 Å². The predicted molar refractivity (Wildman–Crippen MR) is 87.9 cm³/mol. The topological polar surface area (TPSA) is 81.4 Å². The highest BCUT2D eigenvalue weighted by Crippen LogP contribution is 2.42. The van der Waals surface area contributed by atoms with Gasteiger partial charge in [0.05, 0.1) is 6.61 Å². The Balaban J connectivity index is 1.61. The van der Waals surface area contributed by atoms with Crippen molar-refractivity contribution in [2.24, 2.45) is 0 Å². The Morgan fingerprint density at radius 3 is 2.81 bits per heavy atom. The lowest BCUT2D eigenvalue weighted by Gasteiger charge is -2.10. The Morgan fingerprint density at radius 1 is 1.23 bits per heavy atom. The third kappa shape index (κ3) is 3.04. The number of hydrogen-bond acceptors (Lipinski definition) is 6. The molecule has 9 heteroatoms. The maximum absolute atomic E-state index is 13.1. The minimum Gasteiger partial charge on any atom is -0.395 e. The number of alkyl halides is 2. The van der Waals surface area contributed by atoms with Crippen LogP contribution in [0.25, 0.3) is 5.82 Å². The van der Waals surface area contributed by atoms with Crippen LogP contribution in [0.3, 0.4) is 0 Å². The van der Waals surface area contributed by atoms with Crippen LogP contribution in [0.4, 0.5) is 20.4 Å². The number of aliphatic hydroxyl groups is 1. The summed E-state index contributed by atoms with van der Waals surface area (Å²) >= 11 is 0. The lowest BCUT2D eigenvalue weighted by atomic mass is 10.3. The summed E-state index contributed by atoms with van der Waals surface area (Å²) in [6.07, 6.45) is 1.53. The van der Waals surface area contributed by atoms with E-state index >= 15 is 0 Å². The van der Waals surface area contributed by atoms with Gasteiger partial charge < -0.3 is 24.5 Å². The second-order valence-electron chi connectivity index (χ2n) is 5.74. The summed E-state index contributed by atoms with van der Waals surface area (Å²) < 4.78 is 36.8. The van der Waals surface area contributed by atoms with Gasteiger partial charge in [-0.3, -0.25) is 0 Å². The molecule has 0 radical (unpaired) electrons. The fraction of sp³-hybridized carbons (Fsp3) is 0.176.